The Kier molecular flexibility index (Phi) is 3.76. The Labute approximate surface area is 145 Å². The first-order chi connectivity index (χ1) is 12.1. The van der Waals surface area contributed by atoms with Crippen molar-refractivity contribution in [1.82, 2.24) is 9.64 Å². The van der Waals surface area contributed by atoms with Crippen molar-refractivity contribution >= 4 is 5.91 Å². The summed E-state index contributed by atoms with van der Waals surface area (Å²) in [5.41, 5.74) is 3.21. The van der Waals surface area contributed by atoms with E-state index in [1.807, 2.05) is 48.5 Å². The predicted octanol–water partition coefficient (Wildman–Crippen LogP) is 2.84. The standard InChI is InChI=1S/C20H18N2O3/c1-21-18(15-8-3-2-4-9-15)17(20(24)25-21)19(23)22-12-11-14-7-5-6-10-16(14)13-22/h2-10H,11-13H2,1H3. The fourth-order valence-electron chi connectivity index (χ4n) is 3.41. The number of hydrogen-bond acceptors (Lipinski definition) is 3. The van der Waals surface area contributed by atoms with Crippen LogP contribution in [0.2, 0.25) is 0 Å². The van der Waals surface area contributed by atoms with Crippen molar-refractivity contribution in [3.8, 4) is 11.3 Å². The van der Waals surface area contributed by atoms with Gasteiger partial charge in [0.15, 0.2) is 5.56 Å². The van der Waals surface area contributed by atoms with Gasteiger partial charge in [-0.05, 0) is 17.5 Å². The molecule has 0 radical (unpaired) electrons. The molecule has 1 aliphatic rings. The second kappa shape index (κ2) is 6.09. The van der Waals surface area contributed by atoms with Gasteiger partial charge in [-0.3, -0.25) is 4.79 Å². The quantitative estimate of drug-likeness (QED) is 0.724. The van der Waals surface area contributed by atoms with Gasteiger partial charge in [-0.2, -0.15) is 0 Å². The van der Waals surface area contributed by atoms with Gasteiger partial charge >= 0.3 is 5.63 Å². The minimum Gasteiger partial charge on any atom is -0.335 e. The summed E-state index contributed by atoms with van der Waals surface area (Å²) in [5.74, 6) is -0.275. The molecule has 0 saturated carbocycles. The second-order valence-electron chi connectivity index (χ2n) is 6.21. The number of fused-ring (bicyclic) bond motifs is 1. The summed E-state index contributed by atoms with van der Waals surface area (Å²) in [4.78, 5) is 27.1. The number of carbonyl (C=O) groups excluding carboxylic acids is 1. The largest absolute Gasteiger partial charge is 0.370 e. The van der Waals surface area contributed by atoms with Gasteiger partial charge in [0, 0.05) is 25.7 Å². The van der Waals surface area contributed by atoms with Gasteiger partial charge in [0.1, 0.15) is 5.69 Å². The molecule has 0 bridgehead atoms. The molecule has 4 rings (SSSR count). The normalized spacial score (nSPS) is 13.6. The zero-order chi connectivity index (χ0) is 17.4. The van der Waals surface area contributed by atoms with Crippen LogP contribution in [0.25, 0.3) is 11.3 Å². The number of rotatable bonds is 2. The molecule has 3 aromatic rings. The van der Waals surface area contributed by atoms with E-state index in [1.165, 1.54) is 10.3 Å². The Morgan fingerprint density at radius 3 is 2.44 bits per heavy atom. The second-order valence-corrected chi connectivity index (χ2v) is 6.21. The first-order valence-electron chi connectivity index (χ1n) is 8.27. The van der Waals surface area contributed by atoms with E-state index in [0.29, 0.717) is 18.8 Å². The van der Waals surface area contributed by atoms with E-state index in [4.69, 9.17) is 4.52 Å². The zero-order valence-electron chi connectivity index (χ0n) is 13.9. The maximum absolute atomic E-state index is 13.1. The molecular weight excluding hydrogens is 316 g/mol. The van der Waals surface area contributed by atoms with Crippen LogP contribution in [0.4, 0.5) is 0 Å². The molecule has 0 fully saturated rings. The lowest BCUT2D eigenvalue weighted by molar-refractivity contribution is 0.0733. The molecule has 5 nitrogen and oxygen atoms in total. The number of carbonyl (C=O) groups is 1. The van der Waals surface area contributed by atoms with E-state index in [2.05, 4.69) is 6.07 Å². The van der Waals surface area contributed by atoms with Crippen molar-refractivity contribution in [2.24, 2.45) is 7.05 Å². The molecular formula is C20H18N2O3. The van der Waals surface area contributed by atoms with E-state index in [9.17, 15) is 9.59 Å². The molecule has 2 heterocycles. The van der Waals surface area contributed by atoms with Crippen LogP contribution in [-0.4, -0.2) is 22.1 Å². The Bertz CT molecular complexity index is 986. The zero-order valence-corrected chi connectivity index (χ0v) is 13.9. The minimum atomic E-state index is -0.592. The van der Waals surface area contributed by atoms with Crippen molar-refractivity contribution in [1.29, 1.82) is 0 Å². The number of nitrogens with zero attached hydrogens (tertiary/aromatic N) is 2. The van der Waals surface area contributed by atoms with E-state index >= 15 is 0 Å². The van der Waals surface area contributed by atoms with E-state index in [0.717, 1.165) is 17.5 Å². The van der Waals surface area contributed by atoms with Gasteiger partial charge < -0.3 is 9.42 Å². The van der Waals surface area contributed by atoms with Crippen LogP contribution in [0.1, 0.15) is 21.5 Å². The molecule has 0 aliphatic carbocycles. The van der Waals surface area contributed by atoms with Crippen LogP contribution in [0.5, 0.6) is 0 Å². The van der Waals surface area contributed by atoms with Crippen LogP contribution >= 0.6 is 0 Å². The van der Waals surface area contributed by atoms with Crippen molar-refractivity contribution < 1.29 is 9.32 Å². The average Bonchev–Trinajstić information content (AvgIpc) is 2.95. The van der Waals surface area contributed by atoms with E-state index in [-0.39, 0.29) is 11.5 Å². The Hall–Kier alpha value is -3.08. The lowest BCUT2D eigenvalue weighted by Crippen LogP contribution is -2.37. The minimum absolute atomic E-state index is 0.105. The molecule has 1 aliphatic heterocycles. The van der Waals surface area contributed by atoms with Crippen molar-refractivity contribution in [3.05, 3.63) is 81.7 Å². The summed E-state index contributed by atoms with van der Waals surface area (Å²) in [6, 6.07) is 17.5. The van der Waals surface area contributed by atoms with Crippen LogP contribution in [0.3, 0.4) is 0 Å². The lowest BCUT2D eigenvalue weighted by atomic mass is 9.99. The highest BCUT2D eigenvalue weighted by Crippen LogP contribution is 2.25. The maximum atomic E-state index is 13.1. The Balaban J connectivity index is 1.74. The number of aromatic nitrogens is 1. The fourth-order valence-corrected chi connectivity index (χ4v) is 3.41. The van der Waals surface area contributed by atoms with Gasteiger partial charge in [-0.1, -0.05) is 54.6 Å². The number of amides is 1. The van der Waals surface area contributed by atoms with Gasteiger partial charge in [0.2, 0.25) is 0 Å². The number of aryl methyl sites for hydroxylation is 1. The molecule has 0 atom stereocenters. The summed E-state index contributed by atoms with van der Waals surface area (Å²) in [6.45, 7) is 1.11. The van der Waals surface area contributed by atoms with Crippen LogP contribution in [-0.2, 0) is 20.0 Å². The number of hydrogen-bond donors (Lipinski definition) is 0. The predicted molar refractivity (Wildman–Crippen MR) is 94.3 cm³/mol. The summed E-state index contributed by atoms with van der Waals surface area (Å²) < 4.78 is 6.57. The lowest BCUT2D eigenvalue weighted by Gasteiger charge is -2.28. The molecule has 0 N–H and O–H groups in total. The van der Waals surface area contributed by atoms with Crippen molar-refractivity contribution in [2.45, 2.75) is 13.0 Å². The molecule has 2 aromatic carbocycles. The molecule has 1 aromatic heterocycles. The topological polar surface area (TPSA) is 55.5 Å². The third kappa shape index (κ3) is 2.67. The summed E-state index contributed by atoms with van der Waals surface area (Å²) in [6.07, 6.45) is 0.792. The molecule has 0 saturated heterocycles. The van der Waals surface area contributed by atoms with E-state index < -0.39 is 5.63 Å². The number of benzene rings is 2. The maximum Gasteiger partial charge on any atom is 0.370 e. The van der Waals surface area contributed by atoms with Crippen LogP contribution < -0.4 is 5.63 Å². The third-order valence-electron chi connectivity index (χ3n) is 4.65. The van der Waals surface area contributed by atoms with Crippen molar-refractivity contribution in [3.63, 3.8) is 0 Å². The first kappa shape index (κ1) is 15.4. The summed E-state index contributed by atoms with van der Waals surface area (Å²) in [5, 5.41) is 0. The molecule has 1 amide bonds. The highest BCUT2D eigenvalue weighted by Gasteiger charge is 2.29. The average molecular weight is 334 g/mol. The van der Waals surface area contributed by atoms with Gasteiger partial charge in [-0.15, -0.1) is 0 Å². The molecule has 0 unspecified atom stereocenters. The smallest absolute Gasteiger partial charge is 0.335 e. The van der Waals surface area contributed by atoms with Gasteiger partial charge in [0.25, 0.3) is 5.91 Å². The third-order valence-corrected chi connectivity index (χ3v) is 4.65. The highest BCUT2D eigenvalue weighted by atomic mass is 16.5. The molecule has 0 spiro atoms. The first-order valence-corrected chi connectivity index (χ1v) is 8.27. The van der Waals surface area contributed by atoms with Crippen LogP contribution in [0, 0.1) is 0 Å². The van der Waals surface area contributed by atoms with Gasteiger partial charge in [-0.25, -0.2) is 9.53 Å². The highest BCUT2D eigenvalue weighted by molar-refractivity contribution is 5.99. The van der Waals surface area contributed by atoms with Gasteiger partial charge in [0.05, 0.1) is 0 Å². The molecule has 126 valence electrons. The fraction of sp³-hybridized carbons (Fsp3) is 0.200. The summed E-state index contributed by atoms with van der Waals surface area (Å²) >= 11 is 0. The summed E-state index contributed by atoms with van der Waals surface area (Å²) in [7, 11) is 1.64. The monoisotopic (exact) mass is 334 g/mol. The Morgan fingerprint density at radius 2 is 1.68 bits per heavy atom. The molecule has 25 heavy (non-hydrogen) atoms. The van der Waals surface area contributed by atoms with E-state index in [1.54, 1.807) is 11.9 Å². The SMILES string of the molecule is Cn1oc(=O)c(C(=O)N2CCc3ccccc3C2)c1-c1ccccc1. The van der Waals surface area contributed by atoms with Crippen LogP contribution in [0.15, 0.2) is 63.9 Å². The van der Waals surface area contributed by atoms with Crippen molar-refractivity contribution in [2.75, 3.05) is 6.54 Å². The Morgan fingerprint density at radius 1 is 1.00 bits per heavy atom. The molecule has 5 heteroatoms.